The highest BCUT2D eigenvalue weighted by Crippen LogP contribution is 2.22. The summed E-state index contributed by atoms with van der Waals surface area (Å²) in [6.45, 7) is 6.43. The van der Waals surface area contributed by atoms with Crippen molar-refractivity contribution < 1.29 is 13.2 Å². The first-order valence-electron chi connectivity index (χ1n) is 7.19. The van der Waals surface area contributed by atoms with E-state index in [1.54, 1.807) is 26.3 Å². The van der Waals surface area contributed by atoms with Gasteiger partial charge in [-0.15, -0.1) is 0 Å². The van der Waals surface area contributed by atoms with Crippen molar-refractivity contribution >= 4 is 10.0 Å². The summed E-state index contributed by atoms with van der Waals surface area (Å²) in [5.74, 6) is 0. The third-order valence-corrected chi connectivity index (χ3v) is 5.47. The lowest BCUT2D eigenvalue weighted by Crippen LogP contribution is -2.29. The summed E-state index contributed by atoms with van der Waals surface area (Å²) in [4.78, 5) is 0.387. The molecule has 0 atom stereocenters. The smallest absolute Gasteiger partial charge is 0.243 e. The Bertz CT molecular complexity index is 544. The zero-order valence-electron chi connectivity index (χ0n) is 13.3. The van der Waals surface area contributed by atoms with Crippen molar-refractivity contribution in [2.75, 3.05) is 33.9 Å². The van der Waals surface area contributed by atoms with E-state index in [2.05, 4.69) is 5.32 Å². The lowest BCUT2D eigenvalue weighted by atomic mass is 10.1. The van der Waals surface area contributed by atoms with Gasteiger partial charge >= 0.3 is 0 Å². The highest BCUT2D eigenvalue weighted by molar-refractivity contribution is 7.89. The molecule has 1 aromatic rings. The van der Waals surface area contributed by atoms with Gasteiger partial charge in [0, 0.05) is 33.9 Å². The van der Waals surface area contributed by atoms with E-state index in [4.69, 9.17) is 4.74 Å². The Hall–Kier alpha value is -0.950. The molecule has 0 amide bonds. The Labute approximate surface area is 128 Å². The number of hydrogen-bond acceptors (Lipinski definition) is 4. The highest BCUT2D eigenvalue weighted by Gasteiger charge is 2.23. The van der Waals surface area contributed by atoms with Crippen LogP contribution >= 0.6 is 0 Å². The van der Waals surface area contributed by atoms with Crippen molar-refractivity contribution in [1.29, 1.82) is 0 Å². The van der Waals surface area contributed by atoms with Crippen LogP contribution in [0, 0.1) is 6.92 Å². The minimum atomic E-state index is -3.45. The van der Waals surface area contributed by atoms with Crippen LogP contribution < -0.4 is 5.32 Å². The summed E-state index contributed by atoms with van der Waals surface area (Å²) in [5.41, 5.74) is 1.83. The SMILES string of the molecule is CCNCc1cccc(S(=O)(=O)N(C)CCCOC)c1C. The number of nitrogens with zero attached hydrogens (tertiary/aromatic N) is 1. The van der Waals surface area contributed by atoms with E-state index in [0.29, 0.717) is 31.0 Å². The Morgan fingerprint density at radius 2 is 2.05 bits per heavy atom. The van der Waals surface area contributed by atoms with E-state index in [1.807, 2.05) is 19.9 Å². The van der Waals surface area contributed by atoms with Crippen LogP contribution in [-0.4, -0.2) is 46.6 Å². The van der Waals surface area contributed by atoms with Crippen LogP contribution in [0.1, 0.15) is 24.5 Å². The second-order valence-corrected chi connectivity index (χ2v) is 7.01. The molecule has 0 saturated carbocycles. The number of sulfonamides is 1. The van der Waals surface area contributed by atoms with Gasteiger partial charge in [0.25, 0.3) is 0 Å². The van der Waals surface area contributed by atoms with E-state index < -0.39 is 10.0 Å². The van der Waals surface area contributed by atoms with Crippen LogP contribution in [-0.2, 0) is 21.3 Å². The molecule has 0 heterocycles. The monoisotopic (exact) mass is 314 g/mol. The normalized spacial score (nSPS) is 12.0. The van der Waals surface area contributed by atoms with Gasteiger partial charge in [0.05, 0.1) is 4.90 Å². The average Bonchev–Trinajstić information content (AvgIpc) is 2.46. The van der Waals surface area contributed by atoms with Crippen molar-refractivity contribution in [3.8, 4) is 0 Å². The van der Waals surface area contributed by atoms with E-state index >= 15 is 0 Å². The van der Waals surface area contributed by atoms with Gasteiger partial charge in [-0.2, -0.15) is 0 Å². The van der Waals surface area contributed by atoms with Gasteiger partial charge in [0.15, 0.2) is 0 Å². The summed E-state index contributed by atoms with van der Waals surface area (Å²) in [7, 11) is -0.221. The predicted octanol–water partition coefficient (Wildman–Crippen LogP) is 1.76. The van der Waals surface area contributed by atoms with Crippen molar-refractivity contribution in [3.05, 3.63) is 29.3 Å². The summed E-state index contributed by atoms with van der Waals surface area (Å²) in [6, 6.07) is 5.43. The fourth-order valence-electron chi connectivity index (χ4n) is 2.11. The van der Waals surface area contributed by atoms with Gasteiger partial charge in [-0.3, -0.25) is 0 Å². The minimum absolute atomic E-state index is 0.387. The fourth-order valence-corrected chi connectivity index (χ4v) is 3.58. The predicted molar refractivity (Wildman–Crippen MR) is 84.9 cm³/mol. The first-order chi connectivity index (χ1) is 9.95. The van der Waals surface area contributed by atoms with Gasteiger partial charge in [-0.25, -0.2) is 12.7 Å². The van der Waals surface area contributed by atoms with Crippen molar-refractivity contribution in [1.82, 2.24) is 9.62 Å². The Morgan fingerprint density at radius 1 is 1.33 bits per heavy atom. The van der Waals surface area contributed by atoms with Gasteiger partial charge in [-0.05, 0) is 37.1 Å². The maximum absolute atomic E-state index is 12.6. The first-order valence-corrected chi connectivity index (χ1v) is 8.63. The molecule has 0 aliphatic heterocycles. The molecular formula is C15H26N2O3S. The second kappa shape index (κ2) is 8.48. The lowest BCUT2D eigenvalue weighted by molar-refractivity contribution is 0.189. The van der Waals surface area contributed by atoms with Crippen LogP contribution in [0.25, 0.3) is 0 Å². The lowest BCUT2D eigenvalue weighted by Gasteiger charge is -2.19. The highest BCUT2D eigenvalue weighted by atomic mass is 32.2. The average molecular weight is 314 g/mol. The van der Waals surface area contributed by atoms with Crippen molar-refractivity contribution in [2.24, 2.45) is 0 Å². The molecule has 120 valence electrons. The van der Waals surface area contributed by atoms with E-state index in [1.165, 1.54) is 4.31 Å². The molecule has 0 bridgehead atoms. The van der Waals surface area contributed by atoms with Gasteiger partial charge in [-0.1, -0.05) is 19.1 Å². The van der Waals surface area contributed by atoms with Crippen LogP contribution in [0.2, 0.25) is 0 Å². The molecule has 1 N–H and O–H groups in total. The molecule has 1 aromatic carbocycles. The van der Waals surface area contributed by atoms with Crippen LogP contribution in [0.15, 0.2) is 23.1 Å². The maximum Gasteiger partial charge on any atom is 0.243 e. The number of hydrogen-bond donors (Lipinski definition) is 1. The van der Waals surface area contributed by atoms with Crippen LogP contribution in [0.4, 0.5) is 0 Å². The standard InChI is InChI=1S/C15H26N2O3S/c1-5-16-12-14-8-6-9-15(13(14)2)21(18,19)17(3)10-7-11-20-4/h6,8-9,16H,5,7,10-12H2,1-4H3. The Morgan fingerprint density at radius 3 is 2.67 bits per heavy atom. The molecule has 0 spiro atoms. The van der Waals surface area contributed by atoms with Crippen molar-refractivity contribution in [3.63, 3.8) is 0 Å². The Balaban J connectivity index is 2.97. The summed E-state index contributed by atoms with van der Waals surface area (Å²) in [5, 5.41) is 3.23. The molecule has 0 unspecified atom stereocenters. The van der Waals surface area contributed by atoms with Gasteiger partial charge < -0.3 is 10.1 Å². The molecule has 0 aromatic heterocycles. The van der Waals surface area contributed by atoms with Crippen LogP contribution in [0.5, 0.6) is 0 Å². The third kappa shape index (κ3) is 4.78. The van der Waals surface area contributed by atoms with E-state index in [-0.39, 0.29) is 0 Å². The van der Waals surface area contributed by atoms with Gasteiger partial charge in [0.2, 0.25) is 10.0 Å². The maximum atomic E-state index is 12.6. The molecule has 0 aliphatic rings. The summed E-state index contributed by atoms with van der Waals surface area (Å²) < 4.78 is 31.6. The number of methoxy groups -OCH3 is 1. The van der Waals surface area contributed by atoms with Crippen molar-refractivity contribution in [2.45, 2.75) is 31.7 Å². The summed E-state index contributed by atoms with van der Waals surface area (Å²) >= 11 is 0. The molecular weight excluding hydrogens is 288 g/mol. The largest absolute Gasteiger partial charge is 0.385 e. The van der Waals surface area contributed by atoms with Crippen LogP contribution in [0.3, 0.4) is 0 Å². The molecule has 0 saturated heterocycles. The zero-order valence-corrected chi connectivity index (χ0v) is 14.2. The molecule has 0 aliphatic carbocycles. The Kier molecular flexibility index (Phi) is 7.31. The molecule has 5 nitrogen and oxygen atoms in total. The van der Waals surface area contributed by atoms with Gasteiger partial charge in [0.1, 0.15) is 0 Å². The molecule has 0 fully saturated rings. The molecule has 0 radical (unpaired) electrons. The van der Waals surface area contributed by atoms with E-state index in [0.717, 1.165) is 17.7 Å². The topological polar surface area (TPSA) is 58.6 Å². The van der Waals surface area contributed by atoms with E-state index in [9.17, 15) is 8.42 Å². The second-order valence-electron chi connectivity index (χ2n) is 4.99. The number of ether oxygens (including phenoxy) is 1. The minimum Gasteiger partial charge on any atom is -0.385 e. The quantitative estimate of drug-likeness (QED) is 0.706. The molecule has 21 heavy (non-hydrogen) atoms. The molecule has 1 rings (SSSR count). The number of benzene rings is 1. The fraction of sp³-hybridized carbons (Fsp3) is 0.600. The number of nitrogens with one attached hydrogen (secondary N) is 1. The third-order valence-electron chi connectivity index (χ3n) is 3.47. The number of rotatable bonds is 9. The first kappa shape index (κ1) is 18.1. The summed E-state index contributed by atoms with van der Waals surface area (Å²) in [6.07, 6.45) is 0.683. The molecule has 6 heteroatoms. The zero-order chi connectivity index (χ0) is 15.9.